The van der Waals surface area contributed by atoms with Crippen LogP contribution in [0.4, 0.5) is 4.79 Å². The predicted molar refractivity (Wildman–Crippen MR) is 63.9 cm³/mol. The number of esters is 1. The van der Waals surface area contributed by atoms with Gasteiger partial charge in [-0.3, -0.25) is 4.90 Å². The number of rotatable bonds is 2. The molecule has 1 aliphatic rings. The van der Waals surface area contributed by atoms with E-state index in [1.165, 1.54) is 19.1 Å². The van der Waals surface area contributed by atoms with Crippen LogP contribution in [0, 0.1) is 0 Å². The fourth-order valence-corrected chi connectivity index (χ4v) is 1.94. The number of carbonyl (C=O) groups excluding carboxylic acids is 2. The lowest BCUT2D eigenvalue weighted by molar-refractivity contribution is -0.148. The van der Waals surface area contributed by atoms with E-state index in [2.05, 4.69) is 0 Å². The van der Waals surface area contributed by atoms with Crippen molar-refractivity contribution in [3.05, 3.63) is 0 Å². The Morgan fingerprint density at radius 2 is 1.78 bits per heavy atom. The van der Waals surface area contributed by atoms with Crippen molar-refractivity contribution in [3.63, 3.8) is 0 Å². The second kappa shape index (κ2) is 5.56. The zero-order valence-corrected chi connectivity index (χ0v) is 11.6. The Bertz CT molecular complexity index is 323. The maximum Gasteiger partial charge on any atom is 0.413 e. The monoisotopic (exact) mass is 259 g/mol. The fourth-order valence-electron chi connectivity index (χ4n) is 1.94. The van der Waals surface area contributed by atoms with Gasteiger partial charge in [-0.2, -0.15) is 0 Å². The van der Waals surface area contributed by atoms with Gasteiger partial charge in [0.05, 0.1) is 7.11 Å². The Labute approximate surface area is 107 Å². The van der Waals surface area contributed by atoms with Gasteiger partial charge >= 0.3 is 12.1 Å². The van der Waals surface area contributed by atoms with E-state index in [4.69, 9.17) is 14.2 Å². The van der Waals surface area contributed by atoms with Crippen LogP contribution in [-0.2, 0) is 19.0 Å². The molecule has 0 radical (unpaired) electrons. The minimum atomic E-state index is -0.630. The molecule has 6 heteroatoms. The molecule has 0 saturated carbocycles. The summed E-state index contributed by atoms with van der Waals surface area (Å²) in [6, 6.07) is -0.630. The molecular formula is C12H21NO5. The van der Waals surface area contributed by atoms with Gasteiger partial charge in [-0.1, -0.05) is 0 Å². The van der Waals surface area contributed by atoms with E-state index in [9.17, 15) is 9.59 Å². The maximum atomic E-state index is 12.1. The van der Waals surface area contributed by atoms with Gasteiger partial charge in [0.1, 0.15) is 17.9 Å². The lowest BCUT2D eigenvalue weighted by Crippen LogP contribution is -2.48. The first kappa shape index (κ1) is 14.8. The first-order valence-electron chi connectivity index (χ1n) is 5.92. The first-order valence-corrected chi connectivity index (χ1v) is 5.92. The van der Waals surface area contributed by atoms with Gasteiger partial charge in [-0.15, -0.1) is 0 Å². The van der Waals surface area contributed by atoms with E-state index in [1.54, 1.807) is 20.8 Å². The van der Waals surface area contributed by atoms with Crippen LogP contribution >= 0.6 is 0 Å². The summed E-state index contributed by atoms with van der Waals surface area (Å²) in [5.41, 5.74) is -0.612. The largest absolute Gasteiger partial charge is 0.467 e. The van der Waals surface area contributed by atoms with Crippen molar-refractivity contribution in [2.75, 3.05) is 14.2 Å². The topological polar surface area (TPSA) is 65.1 Å². The van der Waals surface area contributed by atoms with E-state index in [0.717, 1.165) is 0 Å². The van der Waals surface area contributed by atoms with Crippen molar-refractivity contribution in [2.24, 2.45) is 0 Å². The number of likely N-dealkylation sites (tertiary alicyclic amines) is 1. The molecule has 1 rings (SSSR count). The summed E-state index contributed by atoms with van der Waals surface area (Å²) >= 11 is 0. The molecule has 6 nitrogen and oxygen atoms in total. The molecule has 2 atom stereocenters. The Morgan fingerprint density at radius 1 is 1.17 bits per heavy atom. The highest BCUT2D eigenvalue weighted by atomic mass is 16.6. The summed E-state index contributed by atoms with van der Waals surface area (Å²) in [5, 5.41) is 0. The molecule has 0 aromatic rings. The third-order valence-corrected chi connectivity index (χ3v) is 2.68. The van der Waals surface area contributed by atoms with Crippen LogP contribution in [0.25, 0.3) is 0 Å². The normalized spacial score (nSPS) is 23.9. The second-order valence-corrected chi connectivity index (χ2v) is 5.19. The molecule has 18 heavy (non-hydrogen) atoms. The summed E-state index contributed by atoms with van der Waals surface area (Å²) < 4.78 is 15.2. The predicted octanol–water partition coefficient (Wildman–Crippen LogP) is 1.53. The molecule has 1 unspecified atom stereocenters. The van der Waals surface area contributed by atoms with Gasteiger partial charge in [-0.05, 0) is 33.6 Å². The molecule has 0 aliphatic carbocycles. The van der Waals surface area contributed by atoms with Crippen molar-refractivity contribution >= 4 is 12.1 Å². The standard InChI is InChI=1S/C12H21NO5/c1-12(2,3)18-11(15)13-8(10(14)17-5)6-7-9(13)16-4/h8-9H,6-7H2,1-5H3/t8-,9?/m0/s1. The number of hydrogen-bond donors (Lipinski definition) is 0. The van der Waals surface area contributed by atoms with Gasteiger partial charge in [0.15, 0.2) is 0 Å². The molecule has 1 amide bonds. The van der Waals surface area contributed by atoms with Crippen LogP contribution in [0.3, 0.4) is 0 Å². The summed E-state index contributed by atoms with van der Waals surface area (Å²) in [4.78, 5) is 25.0. The molecule has 1 fully saturated rings. The van der Waals surface area contributed by atoms with E-state index in [1.807, 2.05) is 0 Å². The molecule has 0 aromatic carbocycles. The zero-order valence-electron chi connectivity index (χ0n) is 11.6. The van der Waals surface area contributed by atoms with Crippen molar-refractivity contribution in [1.82, 2.24) is 4.90 Å². The van der Waals surface area contributed by atoms with E-state index < -0.39 is 29.9 Å². The Kier molecular flexibility index (Phi) is 4.56. The van der Waals surface area contributed by atoms with Crippen molar-refractivity contribution in [3.8, 4) is 0 Å². The number of hydrogen-bond acceptors (Lipinski definition) is 5. The molecule has 0 N–H and O–H groups in total. The second-order valence-electron chi connectivity index (χ2n) is 5.19. The lowest BCUT2D eigenvalue weighted by atomic mass is 10.2. The Morgan fingerprint density at radius 3 is 2.22 bits per heavy atom. The zero-order chi connectivity index (χ0) is 13.9. The van der Waals surface area contributed by atoms with Crippen LogP contribution < -0.4 is 0 Å². The van der Waals surface area contributed by atoms with Crippen molar-refractivity contribution < 1.29 is 23.8 Å². The minimum Gasteiger partial charge on any atom is -0.467 e. The van der Waals surface area contributed by atoms with Gasteiger partial charge in [-0.25, -0.2) is 9.59 Å². The van der Waals surface area contributed by atoms with Crippen molar-refractivity contribution in [1.29, 1.82) is 0 Å². The summed E-state index contributed by atoms with van der Waals surface area (Å²) in [7, 11) is 2.80. The first-order chi connectivity index (χ1) is 8.30. The number of methoxy groups -OCH3 is 2. The molecule has 1 heterocycles. The summed E-state index contributed by atoms with van der Waals surface area (Å²) in [6.07, 6.45) is 0.117. The molecule has 1 aliphatic heterocycles. The van der Waals surface area contributed by atoms with Crippen LogP contribution in [0.1, 0.15) is 33.6 Å². The van der Waals surface area contributed by atoms with Crippen LogP contribution in [0.2, 0.25) is 0 Å². The maximum absolute atomic E-state index is 12.1. The summed E-state index contributed by atoms with van der Waals surface area (Å²) in [6.45, 7) is 5.32. The van der Waals surface area contributed by atoms with Gasteiger partial charge < -0.3 is 14.2 Å². The molecule has 0 spiro atoms. The fraction of sp³-hybridized carbons (Fsp3) is 0.833. The van der Waals surface area contributed by atoms with Gasteiger partial charge in [0.25, 0.3) is 0 Å². The van der Waals surface area contributed by atoms with E-state index in [0.29, 0.717) is 12.8 Å². The number of carbonyl (C=O) groups is 2. The molecule has 0 aromatic heterocycles. The lowest BCUT2D eigenvalue weighted by Gasteiger charge is -2.30. The average Bonchev–Trinajstić information content (AvgIpc) is 2.69. The van der Waals surface area contributed by atoms with Crippen LogP contribution in [0.15, 0.2) is 0 Å². The number of amides is 1. The Hall–Kier alpha value is -1.30. The number of ether oxygens (including phenoxy) is 3. The highest BCUT2D eigenvalue weighted by Gasteiger charge is 2.43. The van der Waals surface area contributed by atoms with E-state index in [-0.39, 0.29) is 0 Å². The third-order valence-electron chi connectivity index (χ3n) is 2.68. The quantitative estimate of drug-likeness (QED) is 0.704. The summed E-state index contributed by atoms with van der Waals surface area (Å²) in [5.74, 6) is -0.444. The average molecular weight is 259 g/mol. The van der Waals surface area contributed by atoms with E-state index >= 15 is 0 Å². The minimum absolute atomic E-state index is 0.441. The molecule has 0 bridgehead atoms. The highest BCUT2D eigenvalue weighted by molar-refractivity contribution is 5.82. The van der Waals surface area contributed by atoms with Crippen LogP contribution in [0.5, 0.6) is 0 Å². The SMILES string of the molecule is COC(=O)[C@@H]1CCC(OC)N1C(=O)OC(C)(C)C. The third kappa shape index (κ3) is 3.35. The molecule has 104 valence electrons. The number of nitrogens with zero attached hydrogens (tertiary/aromatic N) is 1. The molecule has 1 saturated heterocycles. The van der Waals surface area contributed by atoms with Crippen LogP contribution in [-0.4, -0.2) is 49.1 Å². The highest BCUT2D eigenvalue weighted by Crippen LogP contribution is 2.27. The van der Waals surface area contributed by atoms with Gasteiger partial charge in [0, 0.05) is 7.11 Å². The Balaban J connectivity index is 2.84. The molecular weight excluding hydrogens is 238 g/mol. The smallest absolute Gasteiger partial charge is 0.413 e. The van der Waals surface area contributed by atoms with Gasteiger partial charge in [0.2, 0.25) is 0 Å². The van der Waals surface area contributed by atoms with Crippen molar-refractivity contribution in [2.45, 2.75) is 51.5 Å².